The van der Waals surface area contributed by atoms with E-state index in [1.165, 1.54) is 5.56 Å². The fourth-order valence-corrected chi connectivity index (χ4v) is 8.96. The maximum Gasteiger partial charge on any atom is 0.148 e. The SMILES string of the molecule is [2H]C(C)(C)c1ccc(-c2ccnc(-c3[c-]c(-c4cccc5c4nc(-c4cc(C([2H])(C)C)cc(C([2H])(C)C)c4O)n5-c4ccc(-c5ccccc5C(C)(C)C)c(C([2H])(C)C)c4)cc(C(C)(C)C)c3)c2)cc1.[Pt]. The summed E-state index contributed by atoms with van der Waals surface area (Å²) in [5.74, 6) is -3.56. The summed E-state index contributed by atoms with van der Waals surface area (Å²) < 4.78 is 38.5. The van der Waals surface area contributed by atoms with E-state index in [1.807, 2.05) is 84.1 Å². The third kappa shape index (κ3) is 9.89. The molecule has 348 valence electrons. The Morgan fingerprint density at radius 1 is 0.567 bits per heavy atom. The predicted octanol–water partition coefficient (Wildman–Crippen LogP) is 17.3. The van der Waals surface area contributed by atoms with Crippen LogP contribution in [0.3, 0.4) is 0 Å². The van der Waals surface area contributed by atoms with Crippen molar-refractivity contribution in [1.82, 2.24) is 14.5 Å². The molecule has 0 aliphatic carbocycles. The molecule has 0 bridgehead atoms. The molecule has 0 saturated heterocycles. The summed E-state index contributed by atoms with van der Waals surface area (Å²) in [5, 5.41) is 12.4. The quantitative estimate of drug-likeness (QED) is 0.139. The van der Waals surface area contributed by atoms with Gasteiger partial charge in [-0.15, -0.1) is 29.3 Å². The Hall–Kier alpha value is -5.57. The molecule has 0 saturated carbocycles. The molecule has 67 heavy (non-hydrogen) atoms. The number of para-hydroxylation sites is 1. The van der Waals surface area contributed by atoms with Gasteiger partial charge in [0, 0.05) is 44.1 Å². The first-order valence-electron chi connectivity index (χ1n) is 25.2. The van der Waals surface area contributed by atoms with Gasteiger partial charge >= 0.3 is 0 Å². The molecule has 8 rings (SSSR count). The topological polar surface area (TPSA) is 50.9 Å². The van der Waals surface area contributed by atoms with E-state index >= 15 is 0 Å². The minimum Gasteiger partial charge on any atom is -0.507 e. The third-order valence-electron chi connectivity index (χ3n) is 12.8. The molecule has 0 amide bonds. The molecule has 1 N–H and O–H groups in total. The number of benzene rings is 6. The number of hydrogen-bond donors (Lipinski definition) is 1. The van der Waals surface area contributed by atoms with E-state index in [2.05, 4.69) is 131 Å². The fourth-order valence-electron chi connectivity index (χ4n) is 8.96. The van der Waals surface area contributed by atoms with E-state index < -0.39 is 23.6 Å². The first-order valence-corrected chi connectivity index (χ1v) is 23.2. The van der Waals surface area contributed by atoms with Crippen LogP contribution in [0.4, 0.5) is 0 Å². The van der Waals surface area contributed by atoms with Crippen LogP contribution >= 0.6 is 0 Å². The molecule has 2 aromatic heterocycles. The van der Waals surface area contributed by atoms with E-state index in [0.29, 0.717) is 28.0 Å². The van der Waals surface area contributed by atoms with Crippen molar-refractivity contribution in [3.8, 4) is 67.5 Å². The average Bonchev–Trinajstić information content (AvgIpc) is 3.66. The summed E-state index contributed by atoms with van der Waals surface area (Å²) in [4.78, 5) is 10.4. The second-order valence-corrected chi connectivity index (χ2v) is 20.8. The molecule has 4 nitrogen and oxygen atoms in total. The molecule has 0 unspecified atom stereocenters. The number of pyridine rings is 1. The predicted molar refractivity (Wildman–Crippen MR) is 280 cm³/mol. The van der Waals surface area contributed by atoms with Gasteiger partial charge in [0.1, 0.15) is 11.6 Å². The summed E-state index contributed by atoms with van der Waals surface area (Å²) >= 11 is 0. The van der Waals surface area contributed by atoms with Gasteiger partial charge in [-0.1, -0.05) is 187 Å². The second kappa shape index (κ2) is 19.2. The average molecular weight is 1070 g/mol. The van der Waals surface area contributed by atoms with Crippen molar-refractivity contribution in [2.45, 2.75) is 131 Å². The van der Waals surface area contributed by atoms with Gasteiger partial charge in [0.15, 0.2) is 0 Å². The van der Waals surface area contributed by atoms with Gasteiger partial charge in [-0.3, -0.25) is 9.55 Å². The Bertz CT molecular complexity index is 3280. The molecule has 5 heteroatoms. The number of rotatable bonds is 10. The van der Waals surface area contributed by atoms with Crippen molar-refractivity contribution in [2.24, 2.45) is 0 Å². The first-order chi connectivity index (χ1) is 32.4. The van der Waals surface area contributed by atoms with Gasteiger partial charge in [0.25, 0.3) is 0 Å². The first kappa shape index (κ1) is 44.0. The van der Waals surface area contributed by atoms with Crippen molar-refractivity contribution >= 4 is 11.0 Å². The van der Waals surface area contributed by atoms with Crippen LogP contribution in [-0.4, -0.2) is 19.6 Å². The van der Waals surface area contributed by atoms with Crippen LogP contribution in [0.15, 0.2) is 128 Å². The summed E-state index contributed by atoms with van der Waals surface area (Å²) in [6.45, 7) is 28.0. The number of fused-ring (bicyclic) bond motifs is 1. The van der Waals surface area contributed by atoms with Crippen LogP contribution in [-0.2, 0) is 31.9 Å². The Morgan fingerprint density at radius 2 is 1.22 bits per heavy atom. The molecular weight excluding hydrogens is 998 g/mol. The molecule has 0 fully saturated rings. The van der Waals surface area contributed by atoms with Gasteiger partial charge in [0.05, 0.1) is 16.6 Å². The van der Waals surface area contributed by atoms with Crippen molar-refractivity contribution in [3.63, 3.8) is 0 Å². The van der Waals surface area contributed by atoms with Crippen molar-refractivity contribution < 1.29 is 31.7 Å². The number of aromatic nitrogens is 3. The zero-order valence-electron chi connectivity index (χ0n) is 45.7. The fraction of sp³-hybridized carbons (Fsp3) is 0.323. The second-order valence-electron chi connectivity index (χ2n) is 20.8. The van der Waals surface area contributed by atoms with Crippen LogP contribution in [0, 0.1) is 6.07 Å². The maximum absolute atomic E-state index is 12.4. The Balaban J connectivity index is 0.00000741. The van der Waals surface area contributed by atoms with E-state index in [0.717, 1.165) is 72.5 Å². The molecule has 0 spiro atoms. The Kier molecular flexibility index (Phi) is 12.6. The number of hydrogen-bond acceptors (Lipinski definition) is 3. The number of imidazole rings is 1. The zero-order valence-corrected chi connectivity index (χ0v) is 44.0. The zero-order chi connectivity index (χ0) is 51.1. The molecule has 0 aliphatic heterocycles. The van der Waals surface area contributed by atoms with Gasteiger partial charge in [-0.2, -0.15) is 0 Å². The summed E-state index contributed by atoms with van der Waals surface area (Å²) in [5.41, 5.74) is 14.8. The number of aromatic hydroxyl groups is 1. The van der Waals surface area contributed by atoms with Gasteiger partial charge in [-0.25, -0.2) is 4.98 Å². The van der Waals surface area contributed by atoms with Crippen LogP contribution in [0.2, 0.25) is 0 Å². The summed E-state index contributed by atoms with van der Waals surface area (Å²) in [6.07, 6.45) is 1.84. The normalized spacial score (nSPS) is 13.7. The van der Waals surface area contributed by atoms with Crippen molar-refractivity contribution in [2.75, 3.05) is 0 Å². The largest absolute Gasteiger partial charge is 0.507 e. The minimum atomic E-state index is -1.20. The smallest absolute Gasteiger partial charge is 0.148 e. The maximum atomic E-state index is 12.4. The van der Waals surface area contributed by atoms with Gasteiger partial charge in [-0.05, 0) is 115 Å². The standard InChI is InChI=1S/C62H68N3O.Pt/c1-37(2)41-22-24-42(25-23-41)43-28-29-63-56(35-43)46-30-45(31-47(32-46)61(9,10)11)49-19-17-21-57-58(49)64-60(54-34-44(38(3)4)33-53(40(7)8)59(54)66)65(57)48-26-27-50(52(36-48)39(5)6)51-18-15-16-20-55(51)62(12,13)14;/h15-29,31-40,66H,1-14H3;/q-1;/i37D,38D,39D,40D;. The molecule has 0 atom stereocenters. The minimum absolute atomic E-state index is 0. The molecular formula is C62H68N3OPt-. The van der Waals surface area contributed by atoms with Crippen LogP contribution < -0.4 is 0 Å². The number of nitrogens with zero attached hydrogens (tertiary/aromatic N) is 3. The summed E-state index contributed by atoms with van der Waals surface area (Å²) in [7, 11) is 0. The van der Waals surface area contributed by atoms with E-state index in [-0.39, 0.29) is 37.6 Å². The molecule has 0 radical (unpaired) electrons. The van der Waals surface area contributed by atoms with Gasteiger partial charge < -0.3 is 5.11 Å². The Morgan fingerprint density at radius 3 is 1.87 bits per heavy atom. The van der Waals surface area contributed by atoms with Gasteiger partial charge in [0.2, 0.25) is 0 Å². The van der Waals surface area contributed by atoms with E-state index in [9.17, 15) is 9.22 Å². The van der Waals surface area contributed by atoms with E-state index in [1.54, 1.807) is 19.9 Å². The van der Waals surface area contributed by atoms with Crippen LogP contribution in [0.1, 0.15) is 159 Å². The van der Waals surface area contributed by atoms with Crippen molar-refractivity contribution in [3.05, 3.63) is 167 Å². The molecule has 6 aromatic carbocycles. The monoisotopic (exact) mass is 1070 g/mol. The summed E-state index contributed by atoms with van der Waals surface area (Å²) in [6, 6.07) is 44.9. The Labute approximate surface area is 420 Å². The van der Waals surface area contributed by atoms with E-state index in [4.69, 9.17) is 11.3 Å². The molecule has 0 aliphatic rings. The van der Waals surface area contributed by atoms with Crippen LogP contribution in [0.25, 0.3) is 72.7 Å². The molecule has 8 aromatic rings. The third-order valence-corrected chi connectivity index (χ3v) is 12.8. The number of phenolic OH excluding ortho intramolecular Hbond substituents is 1. The van der Waals surface area contributed by atoms with Crippen molar-refractivity contribution in [1.29, 1.82) is 0 Å². The molecule has 2 heterocycles. The van der Waals surface area contributed by atoms with Crippen LogP contribution in [0.5, 0.6) is 5.75 Å². The number of phenols is 1.